The second-order valence-electron chi connectivity index (χ2n) is 10.2. The van der Waals surface area contributed by atoms with E-state index in [0.717, 1.165) is 18.7 Å². The van der Waals surface area contributed by atoms with Crippen molar-refractivity contribution in [3.63, 3.8) is 0 Å². The Morgan fingerprint density at radius 3 is 2.80 bits per heavy atom. The number of para-hydroxylation sites is 1. The summed E-state index contributed by atoms with van der Waals surface area (Å²) in [6, 6.07) is 9.06. The number of allylic oxidation sites excluding steroid dienone is 1. The van der Waals surface area contributed by atoms with E-state index in [1.807, 2.05) is 29.2 Å². The summed E-state index contributed by atoms with van der Waals surface area (Å²) < 4.78 is 12.0. The lowest BCUT2D eigenvalue weighted by Gasteiger charge is -2.32. The molecule has 11 heteroatoms. The minimum Gasteiger partial charge on any atom is -0.491 e. The number of aliphatic hydroxyl groups is 1. The van der Waals surface area contributed by atoms with Gasteiger partial charge in [0, 0.05) is 56.7 Å². The summed E-state index contributed by atoms with van der Waals surface area (Å²) in [7, 11) is 2.06. The van der Waals surface area contributed by atoms with Crippen molar-refractivity contribution in [3.8, 4) is 5.75 Å². The van der Waals surface area contributed by atoms with Crippen LogP contribution in [0, 0.1) is 0 Å². The molecule has 1 fully saturated rings. The smallest absolute Gasteiger partial charge is 0.257 e. The molecule has 4 N–H and O–H groups in total. The largest absolute Gasteiger partial charge is 0.491 e. The molecule has 3 aliphatic rings. The zero-order valence-corrected chi connectivity index (χ0v) is 22.6. The molecule has 0 spiro atoms. The second kappa shape index (κ2) is 12.6. The Morgan fingerprint density at radius 1 is 1.23 bits per heavy atom. The van der Waals surface area contributed by atoms with Gasteiger partial charge in [0.15, 0.2) is 0 Å². The summed E-state index contributed by atoms with van der Waals surface area (Å²) >= 11 is 0. The molecular weight excluding hydrogens is 512 g/mol. The van der Waals surface area contributed by atoms with E-state index in [-0.39, 0.29) is 25.0 Å². The van der Waals surface area contributed by atoms with Crippen LogP contribution in [0.5, 0.6) is 5.75 Å². The molecule has 5 rings (SSSR count). The maximum absolute atomic E-state index is 13.0. The van der Waals surface area contributed by atoms with Crippen LogP contribution >= 0.6 is 0 Å². The number of amides is 2. The van der Waals surface area contributed by atoms with E-state index in [2.05, 4.69) is 39.4 Å². The van der Waals surface area contributed by atoms with Crippen LogP contribution in [0.3, 0.4) is 0 Å². The molecule has 2 aromatic rings. The number of piperazine rings is 1. The minimum absolute atomic E-state index is 0.0180. The first-order valence-electron chi connectivity index (χ1n) is 13.5. The van der Waals surface area contributed by atoms with E-state index >= 15 is 0 Å². The molecule has 1 aromatic heterocycles. The number of nitrogens with one attached hydrogen (secondary N) is 3. The molecule has 3 unspecified atom stereocenters. The quantitative estimate of drug-likeness (QED) is 0.304. The number of aliphatic hydroxyl groups excluding tert-OH is 1. The molecular formula is C29H36N6O5. The molecule has 0 radical (unpaired) electrons. The molecule has 40 heavy (non-hydrogen) atoms. The summed E-state index contributed by atoms with van der Waals surface area (Å²) in [6.07, 6.45) is 3.91. The molecule has 1 aliphatic carbocycles. The molecule has 1 saturated heterocycles. The van der Waals surface area contributed by atoms with Gasteiger partial charge in [0.05, 0.1) is 24.0 Å². The fraction of sp³-hybridized carbons (Fsp3) is 0.414. The lowest BCUT2D eigenvalue weighted by Crippen LogP contribution is -2.47. The number of aromatic nitrogens is 2. The molecule has 3 heterocycles. The minimum atomic E-state index is -0.787. The van der Waals surface area contributed by atoms with Crippen molar-refractivity contribution in [2.24, 2.45) is 0 Å². The highest BCUT2D eigenvalue weighted by atomic mass is 16.5. The van der Waals surface area contributed by atoms with Gasteiger partial charge in [-0.05, 0) is 36.9 Å². The van der Waals surface area contributed by atoms with Crippen LogP contribution in [0.25, 0.3) is 0 Å². The van der Waals surface area contributed by atoms with Crippen molar-refractivity contribution in [1.29, 1.82) is 0 Å². The molecule has 2 aliphatic heterocycles. The predicted molar refractivity (Wildman–Crippen MR) is 149 cm³/mol. The van der Waals surface area contributed by atoms with E-state index in [9.17, 15) is 14.7 Å². The first kappa shape index (κ1) is 27.8. The van der Waals surface area contributed by atoms with Crippen LogP contribution in [0.1, 0.15) is 22.0 Å². The number of hydrogen-bond donors (Lipinski definition) is 4. The Bertz CT molecular complexity index is 1280. The maximum Gasteiger partial charge on any atom is 0.257 e. The van der Waals surface area contributed by atoms with Gasteiger partial charge in [-0.1, -0.05) is 24.8 Å². The van der Waals surface area contributed by atoms with E-state index in [1.54, 1.807) is 24.4 Å². The number of H-pyrrole nitrogens is 1. The molecule has 11 nitrogen and oxygen atoms in total. The standard InChI is InChI=1S/C29H36N6O5/c1-19-7-8-22-25(26(28(37)32-22)23-9-10-31-33-23)27(19)40-18-20(36)17-30-11-16-39-24-6-4-3-5-21(24)29(38)35-14-12-34(2)13-15-35/h3-10,20,26-27,30,36H,1,11-18H2,2H3,(H,31,33)(H,32,37). The topological polar surface area (TPSA) is 132 Å². The monoisotopic (exact) mass is 548 g/mol. The number of aromatic amines is 1. The second-order valence-corrected chi connectivity index (χ2v) is 10.2. The number of carbonyl (C=O) groups excluding carboxylic acids is 2. The Hall–Kier alpha value is -3.77. The first-order valence-corrected chi connectivity index (χ1v) is 13.5. The van der Waals surface area contributed by atoms with Crippen LogP contribution in [0.15, 0.2) is 72.1 Å². The SMILES string of the molecule is C=C1C=CC2=C(C1OCC(O)CNCCOc1ccccc1C(=O)N1CCN(C)CC1)C(c1ccn[nH]1)C(=O)N2. The summed E-state index contributed by atoms with van der Waals surface area (Å²) in [6.45, 7) is 8.34. The summed E-state index contributed by atoms with van der Waals surface area (Å²) in [4.78, 5) is 29.8. The fourth-order valence-electron chi connectivity index (χ4n) is 5.13. The third-order valence-corrected chi connectivity index (χ3v) is 7.34. The van der Waals surface area contributed by atoms with Gasteiger partial charge in [-0.15, -0.1) is 0 Å². The van der Waals surface area contributed by atoms with Gasteiger partial charge in [-0.2, -0.15) is 5.10 Å². The van der Waals surface area contributed by atoms with Crippen molar-refractivity contribution in [1.82, 2.24) is 30.6 Å². The van der Waals surface area contributed by atoms with Gasteiger partial charge in [0.25, 0.3) is 5.91 Å². The van der Waals surface area contributed by atoms with E-state index in [0.29, 0.717) is 54.5 Å². The average molecular weight is 549 g/mol. The highest BCUT2D eigenvalue weighted by Gasteiger charge is 2.41. The van der Waals surface area contributed by atoms with Gasteiger partial charge in [0.1, 0.15) is 24.4 Å². The Balaban J connectivity index is 1.08. The predicted octanol–water partition coefficient (Wildman–Crippen LogP) is 0.806. The fourth-order valence-corrected chi connectivity index (χ4v) is 5.13. The van der Waals surface area contributed by atoms with E-state index < -0.39 is 18.1 Å². The molecule has 0 bridgehead atoms. The summed E-state index contributed by atoms with van der Waals surface area (Å²) in [5.41, 5.74) is 3.40. The zero-order valence-electron chi connectivity index (χ0n) is 22.6. The number of rotatable bonds is 11. The van der Waals surface area contributed by atoms with Crippen molar-refractivity contribution >= 4 is 11.8 Å². The molecule has 0 saturated carbocycles. The van der Waals surface area contributed by atoms with Crippen LogP contribution < -0.4 is 15.4 Å². The lowest BCUT2D eigenvalue weighted by molar-refractivity contribution is -0.120. The van der Waals surface area contributed by atoms with E-state index in [1.165, 1.54) is 0 Å². The first-order chi connectivity index (χ1) is 19.4. The van der Waals surface area contributed by atoms with Gasteiger partial charge < -0.3 is 35.0 Å². The number of likely N-dealkylation sites (N-methyl/N-ethyl adjacent to an activating group) is 1. The highest BCUT2D eigenvalue weighted by molar-refractivity contribution is 5.97. The molecule has 3 atom stereocenters. The summed E-state index contributed by atoms with van der Waals surface area (Å²) in [5.74, 6) is -0.175. The molecule has 1 aromatic carbocycles. The highest BCUT2D eigenvalue weighted by Crippen LogP contribution is 2.39. The zero-order chi connectivity index (χ0) is 28.1. The van der Waals surface area contributed by atoms with Crippen LogP contribution in [0.2, 0.25) is 0 Å². The number of carbonyl (C=O) groups is 2. The summed E-state index contributed by atoms with van der Waals surface area (Å²) in [5, 5.41) is 23.5. The lowest BCUT2D eigenvalue weighted by atomic mass is 9.86. The number of ether oxygens (including phenoxy) is 2. The van der Waals surface area contributed by atoms with Crippen molar-refractivity contribution in [2.75, 3.05) is 59.5 Å². The molecule has 2 amide bonds. The maximum atomic E-state index is 13.0. The van der Waals surface area contributed by atoms with Gasteiger partial charge in [0.2, 0.25) is 5.91 Å². The van der Waals surface area contributed by atoms with E-state index in [4.69, 9.17) is 9.47 Å². The van der Waals surface area contributed by atoms with Crippen molar-refractivity contribution in [3.05, 3.63) is 83.4 Å². The van der Waals surface area contributed by atoms with Crippen molar-refractivity contribution in [2.45, 2.75) is 18.1 Å². The van der Waals surface area contributed by atoms with Crippen LogP contribution in [-0.4, -0.2) is 109 Å². The van der Waals surface area contributed by atoms with Crippen molar-refractivity contribution < 1.29 is 24.2 Å². The normalized spacial score (nSPS) is 21.9. The Labute approximate surface area is 233 Å². The number of nitrogens with zero attached hydrogens (tertiary/aromatic N) is 3. The number of hydrogen-bond acceptors (Lipinski definition) is 8. The number of benzene rings is 1. The third-order valence-electron chi connectivity index (χ3n) is 7.34. The Morgan fingerprint density at radius 2 is 2.02 bits per heavy atom. The van der Waals surface area contributed by atoms with Gasteiger partial charge >= 0.3 is 0 Å². The van der Waals surface area contributed by atoms with Gasteiger partial charge in [-0.3, -0.25) is 14.7 Å². The molecule has 212 valence electrons. The average Bonchev–Trinajstić information content (AvgIpc) is 3.60. The Kier molecular flexibility index (Phi) is 8.75. The van der Waals surface area contributed by atoms with Crippen LogP contribution in [-0.2, 0) is 9.53 Å². The van der Waals surface area contributed by atoms with Crippen LogP contribution in [0.4, 0.5) is 0 Å². The third kappa shape index (κ3) is 6.18. The van der Waals surface area contributed by atoms with Gasteiger partial charge in [-0.25, -0.2) is 0 Å².